The van der Waals surface area contributed by atoms with Crippen LogP contribution in [0, 0.1) is 0 Å². The second kappa shape index (κ2) is 7.75. The Kier molecular flexibility index (Phi) is 6.88. The molecule has 0 amide bonds. The van der Waals surface area contributed by atoms with Gasteiger partial charge >= 0.3 is 15.2 Å². The van der Waals surface area contributed by atoms with Crippen molar-refractivity contribution in [3.63, 3.8) is 0 Å². The molecule has 0 spiro atoms. The van der Waals surface area contributed by atoms with Crippen molar-refractivity contribution >= 4 is 32.5 Å². The van der Waals surface area contributed by atoms with Crippen LogP contribution in [0.15, 0.2) is 24.3 Å². The fourth-order valence-corrected chi connectivity index (χ4v) is 5.93. The van der Waals surface area contributed by atoms with Crippen molar-refractivity contribution in [2.45, 2.75) is 5.52 Å². The molecule has 1 rings (SSSR count). The maximum atomic E-state index is 12.6. The molecule has 0 aliphatic heterocycles. The third-order valence-electron chi connectivity index (χ3n) is 2.76. The standard InChI is InChI=1S/C11H18ClNO6P2/c1-16-20(14,17-2)11(21(15,18-3)19-4)13-10-7-5-9(12)6-8-10/h5-8,11,13H,1-4H3. The van der Waals surface area contributed by atoms with Gasteiger partial charge in [0, 0.05) is 39.1 Å². The van der Waals surface area contributed by atoms with E-state index in [4.69, 9.17) is 29.7 Å². The van der Waals surface area contributed by atoms with E-state index in [1.807, 2.05) is 0 Å². The second-order valence-corrected chi connectivity index (χ2v) is 9.33. The van der Waals surface area contributed by atoms with Gasteiger partial charge in [-0.3, -0.25) is 9.13 Å². The van der Waals surface area contributed by atoms with Crippen molar-refractivity contribution in [2.24, 2.45) is 0 Å². The number of hydrogen-bond donors (Lipinski definition) is 1. The van der Waals surface area contributed by atoms with Crippen LogP contribution in [0.3, 0.4) is 0 Å². The summed E-state index contributed by atoms with van der Waals surface area (Å²) in [6, 6.07) is 6.49. The van der Waals surface area contributed by atoms with Crippen LogP contribution in [-0.2, 0) is 27.2 Å². The molecular formula is C11H18ClNO6P2. The SMILES string of the molecule is COP(=O)(OC)C(Nc1ccc(Cl)cc1)P(=O)(OC)OC. The van der Waals surface area contributed by atoms with Gasteiger partial charge in [0.1, 0.15) is 0 Å². The molecule has 21 heavy (non-hydrogen) atoms. The zero-order valence-corrected chi connectivity index (χ0v) is 14.7. The predicted octanol–water partition coefficient (Wildman–Crippen LogP) is 4.01. The molecule has 1 N–H and O–H groups in total. The van der Waals surface area contributed by atoms with Crippen LogP contribution < -0.4 is 5.32 Å². The first-order chi connectivity index (χ1) is 9.85. The topological polar surface area (TPSA) is 83.1 Å². The molecule has 0 aliphatic carbocycles. The molecule has 0 radical (unpaired) electrons. The largest absolute Gasteiger partial charge is 0.364 e. The normalized spacial score (nSPS) is 12.7. The molecule has 0 heterocycles. The summed E-state index contributed by atoms with van der Waals surface area (Å²) in [6.07, 6.45) is 0. The van der Waals surface area contributed by atoms with Crippen LogP contribution in [0.4, 0.5) is 5.69 Å². The molecule has 0 aliphatic rings. The van der Waals surface area contributed by atoms with Gasteiger partial charge in [0.25, 0.3) is 0 Å². The first-order valence-electron chi connectivity index (χ1n) is 5.79. The van der Waals surface area contributed by atoms with E-state index >= 15 is 0 Å². The average Bonchev–Trinajstić information content (AvgIpc) is 2.52. The quantitative estimate of drug-likeness (QED) is 0.704. The maximum absolute atomic E-state index is 12.6. The van der Waals surface area contributed by atoms with E-state index in [1.54, 1.807) is 24.3 Å². The number of benzene rings is 1. The van der Waals surface area contributed by atoms with E-state index in [2.05, 4.69) is 5.32 Å². The van der Waals surface area contributed by atoms with Crippen molar-refractivity contribution in [3.8, 4) is 0 Å². The van der Waals surface area contributed by atoms with E-state index in [0.717, 1.165) is 0 Å². The number of anilines is 1. The Morgan fingerprint density at radius 1 is 0.905 bits per heavy atom. The Morgan fingerprint density at radius 3 is 1.62 bits per heavy atom. The third kappa shape index (κ3) is 4.30. The predicted molar refractivity (Wildman–Crippen MR) is 82.1 cm³/mol. The number of nitrogens with one attached hydrogen (secondary N) is 1. The molecule has 0 saturated heterocycles. The lowest BCUT2D eigenvalue weighted by molar-refractivity contribution is 0.250. The van der Waals surface area contributed by atoms with Crippen molar-refractivity contribution < 1.29 is 27.2 Å². The van der Waals surface area contributed by atoms with E-state index in [0.29, 0.717) is 10.7 Å². The minimum atomic E-state index is -3.78. The Morgan fingerprint density at radius 2 is 1.29 bits per heavy atom. The van der Waals surface area contributed by atoms with Gasteiger partial charge in [0.2, 0.25) is 5.52 Å². The average molecular weight is 358 g/mol. The highest BCUT2D eigenvalue weighted by atomic mass is 35.5. The lowest BCUT2D eigenvalue weighted by Crippen LogP contribution is -2.23. The van der Waals surface area contributed by atoms with Gasteiger partial charge in [0.15, 0.2) is 0 Å². The lowest BCUT2D eigenvalue weighted by Gasteiger charge is -2.30. The summed E-state index contributed by atoms with van der Waals surface area (Å²) >= 11 is 5.80. The Hall–Kier alpha value is -0.390. The Bertz CT molecular complexity index is 510. The molecule has 1 aromatic rings. The van der Waals surface area contributed by atoms with Gasteiger partial charge in [-0.05, 0) is 24.3 Å². The van der Waals surface area contributed by atoms with E-state index in [1.165, 1.54) is 28.4 Å². The monoisotopic (exact) mass is 357 g/mol. The highest BCUT2D eigenvalue weighted by Gasteiger charge is 2.49. The summed E-state index contributed by atoms with van der Waals surface area (Å²) < 4.78 is 44.9. The number of rotatable bonds is 8. The van der Waals surface area contributed by atoms with E-state index < -0.39 is 20.7 Å². The first-order valence-corrected chi connectivity index (χ1v) is 9.40. The molecule has 10 heteroatoms. The third-order valence-corrected chi connectivity index (χ3v) is 8.20. The molecule has 120 valence electrons. The summed E-state index contributed by atoms with van der Waals surface area (Å²) in [5.41, 5.74) is -0.816. The van der Waals surface area contributed by atoms with Crippen molar-refractivity contribution in [3.05, 3.63) is 29.3 Å². The Balaban J connectivity index is 3.22. The molecule has 0 saturated carbocycles. The van der Waals surface area contributed by atoms with Gasteiger partial charge in [-0.15, -0.1) is 0 Å². The van der Waals surface area contributed by atoms with Crippen molar-refractivity contribution in [1.82, 2.24) is 0 Å². The van der Waals surface area contributed by atoms with Crippen LogP contribution in [0.25, 0.3) is 0 Å². The summed E-state index contributed by atoms with van der Waals surface area (Å²) in [7, 11) is -2.80. The molecule has 7 nitrogen and oxygen atoms in total. The molecule has 0 atom stereocenters. The molecule has 0 fully saturated rings. The van der Waals surface area contributed by atoms with Gasteiger partial charge in [-0.1, -0.05) is 11.6 Å². The summed E-state index contributed by atoms with van der Waals surface area (Å²) in [5.74, 6) is 0. The van der Waals surface area contributed by atoms with Crippen LogP contribution in [-0.4, -0.2) is 34.0 Å². The molecular weight excluding hydrogens is 340 g/mol. The van der Waals surface area contributed by atoms with Gasteiger partial charge in [-0.2, -0.15) is 0 Å². The minimum absolute atomic E-state index is 0.507. The van der Waals surface area contributed by atoms with Crippen LogP contribution in [0.2, 0.25) is 5.02 Å². The van der Waals surface area contributed by atoms with Gasteiger partial charge in [0.05, 0.1) is 0 Å². The van der Waals surface area contributed by atoms with E-state index in [9.17, 15) is 9.13 Å². The number of hydrogen-bond acceptors (Lipinski definition) is 7. The smallest absolute Gasteiger partial charge is 0.362 e. The zero-order valence-electron chi connectivity index (χ0n) is 12.1. The molecule has 0 aromatic heterocycles. The van der Waals surface area contributed by atoms with Crippen molar-refractivity contribution in [1.29, 1.82) is 0 Å². The fourth-order valence-electron chi connectivity index (χ4n) is 1.57. The maximum Gasteiger partial charge on any atom is 0.364 e. The first kappa shape index (κ1) is 18.7. The molecule has 0 unspecified atom stereocenters. The zero-order chi connectivity index (χ0) is 16.1. The van der Waals surface area contributed by atoms with Crippen LogP contribution >= 0.6 is 26.8 Å². The van der Waals surface area contributed by atoms with E-state index in [-0.39, 0.29) is 0 Å². The summed E-state index contributed by atoms with van der Waals surface area (Å²) in [6.45, 7) is 0. The van der Waals surface area contributed by atoms with Crippen molar-refractivity contribution in [2.75, 3.05) is 33.8 Å². The lowest BCUT2D eigenvalue weighted by atomic mass is 10.3. The molecule has 0 bridgehead atoms. The summed E-state index contributed by atoms with van der Waals surface area (Å²) in [4.78, 5) is 0. The van der Waals surface area contributed by atoms with Crippen LogP contribution in [0.5, 0.6) is 0 Å². The Labute approximate surface area is 128 Å². The van der Waals surface area contributed by atoms with Crippen LogP contribution in [0.1, 0.15) is 0 Å². The second-order valence-electron chi connectivity index (χ2n) is 3.83. The highest BCUT2D eigenvalue weighted by molar-refractivity contribution is 7.72. The minimum Gasteiger partial charge on any atom is -0.362 e. The fraction of sp³-hybridized carbons (Fsp3) is 0.455. The highest BCUT2D eigenvalue weighted by Crippen LogP contribution is 2.68. The van der Waals surface area contributed by atoms with Gasteiger partial charge in [-0.25, -0.2) is 0 Å². The number of halogens is 1. The summed E-state index contributed by atoms with van der Waals surface area (Å²) in [5, 5.41) is 3.33. The molecule has 1 aromatic carbocycles. The van der Waals surface area contributed by atoms with Gasteiger partial charge < -0.3 is 23.4 Å².